The minimum atomic E-state index is -0.445. The summed E-state index contributed by atoms with van der Waals surface area (Å²) in [7, 11) is 1.66. The van der Waals surface area contributed by atoms with Crippen LogP contribution in [0.2, 0.25) is 0 Å². The van der Waals surface area contributed by atoms with Gasteiger partial charge in [-0.25, -0.2) is 0 Å². The molecule has 3 aromatic rings. The van der Waals surface area contributed by atoms with Crippen LogP contribution in [0.5, 0.6) is 11.5 Å². The van der Waals surface area contributed by atoms with Gasteiger partial charge < -0.3 is 15.2 Å². The number of ether oxygens (including phenoxy) is 2. The van der Waals surface area contributed by atoms with Crippen molar-refractivity contribution in [2.45, 2.75) is 12.5 Å². The lowest BCUT2D eigenvalue weighted by Gasteiger charge is -2.30. The Labute approximate surface area is 164 Å². The van der Waals surface area contributed by atoms with Crippen LogP contribution in [0.3, 0.4) is 0 Å². The first-order chi connectivity index (χ1) is 13.6. The molecule has 3 aromatic carbocycles. The van der Waals surface area contributed by atoms with Crippen LogP contribution in [0, 0.1) is 0 Å². The average Bonchev–Trinajstić information content (AvgIpc) is 2.73. The Morgan fingerprint density at radius 2 is 1.96 bits per heavy atom. The van der Waals surface area contributed by atoms with Gasteiger partial charge in [0.1, 0.15) is 17.6 Å². The third-order valence-electron chi connectivity index (χ3n) is 5.03. The van der Waals surface area contributed by atoms with Gasteiger partial charge in [-0.05, 0) is 41.0 Å². The standard InChI is InChI=1S/C24H21NO3/c1-3-7-20-19-14-15(16-8-4-5-9-18(16)24(25)26)12-13-17(19)23-21(27-2)10-6-11-22(23)28-20/h3-6,8-14,20H,1,7H2,2H3,(H2,25,26). The highest BCUT2D eigenvalue weighted by molar-refractivity contribution is 6.00. The zero-order valence-corrected chi connectivity index (χ0v) is 15.6. The lowest BCUT2D eigenvalue weighted by Crippen LogP contribution is -2.15. The van der Waals surface area contributed by atoms with Crippen molar-refractivity contribution in [1.29, 1.82) is 0 Å². The largest absolute Gasteiger partial charge is 0.496 e. The smallest absolute Gasteiger partial charge is 0.249 e. The van der Waals surface area contributed by atoms with E-state index in [1.165, 1.54) is 0 Å². The molecular weight excluding hydrogens is 350 g/mol. The number of carbonyl (C=O) groups excluding carboxylic acids is 1. The molecule has 140 valence electrons. The second-order valence-electron chi connectivity index (χ2n) is 6.68. The SMILES string of the molecule is C=CCC1Oc2cccc(OC)c2-c2ccc(-c3ccccc3C(N)=O)cc21. The molecule has 1 aliphatic rings. The van der Waals surface area contributed by atoms with E-state index in [1.54, 1.807) is 13.2 Å². The number of hydrogen-bond donors (Lipinski definition) is 1. The zero-order valence-electron chi connectivity index (χ0n) is 15.6. The summed E-state index contributed by atoms with van der Waals surface area (Å²) in [5.74, 6) is 1.12. The predicted molar refractivity (Wildman–Crippen MR) is 111 cm³/mol. The molecule has 28 heavy (non-hydrogen) atoms. The first-order valence-electron chi connectivity index (χ1n) is 9.12. The molecule has 0 radical (unpaired) electrons. The van der Waals surface area contributed by atoms with Crippen LogP contribution in [0.25, 0.3) is 22.3 Å². The molecule has 0 aromatic heterocycles. The lowest BCUT2D eigenvalue weighted by molar-refractivity contribution is 0.100. The van der Waals surface area contributed by atoms with E-state index in [1.807, 2.05) is 48.5 Å². The maximum absolute atomic E-state index is 11.9. The van der Waals surface area contributed by atoms with E-state index in [9.17, 15) is 4.79 Å². The Hall–Kier alpha value is -3.53. The van der Waals surface area contributed by atoms with Crippen LogP contribution in [-0.4, -0.2) is 13.0 Å². The molecule has 1 unspecified atom stereocenters. The summed E-state index contributed by atoms with van der Waals surface area (Å²) in [5, 5.41) is 0. The van der Waals surface area contributed by atoms with Gasteiger partial charge >= 0.3 is 0 Å². The number of rotatable bonds is 5. The molecule has 1 heterocycles. The highest BCUT2D eigenvalue weighted by atomic mass is 16.5. The first-order valence-corrected chi connectivity index (χ1v) is 9.12. The quantitative estimate of drug-likeness (QED) is 0.632. The van der Waals surface area contributed by atoms with Gasteiger partial charge in [0.05, 0.1) is 12.7 Å². The van der Waals surface area contributed by atoms with Crippen molar-refractivity contribution in [2.75, 3.05) is 7.11 Å². The van der Waals surface area contributed by atoms with E-state index in [2.05, 4.69) is 18.7 Å². The van der Waals surface area contributed by atoms with E-state index < -0.39 is 5.91 Å². The van der Waals surface area contributed by atoms with Gasteiger partial charge in [-0.2, -0.15) is 0 Å². The number of amides is 1. The van der Waals surface area contributed by atoms with Crippen molar-refractivity contribution in [3.8, 4) is 33.8 Å². The maximum atomic E-state index is 11.9. The summed E-state index contributed by atoms with van der Waals surface area (Å²) in [4.78, 5) is 11.9. The van der Waals surface area contributed by atoms with Gasteiger partial charge in [0.25, 0.3) is 0 Å². The first kappa shape index (κ1) is 17.9. The normalized spacial score (nSPS) is 14.4. The predicted octanol–water partition coefficient (Wildman–Crippen LogP) is 5.14. The summed E-state index contributed by atoms with van der Waals surface area (Å²) in [5.41, 5.74) is 10.8. The van der Waals surface area contributed by atoms with Crippen molar-refractivity contribution >= 4 is 5.91 Å². The molecule has 4 heteroatoms. The highest BCUT2D eigenvalue weighted by Gasteiger charge is 2.28. The Balaban J connectivity index is 1.93. The fourth-order valence-electron chi connectivity index (χ4n) is 3.76. The van der Waals surface area contributed by atoms with Gasteiger partial charge in [0.15, 0.2) is 0 Å². The number of carbonyl (C=O) groups is 1. The number of fused-ring (bicyclic) bond motifs is 3. The topological polar surface area (TPSA) is 61.6 Å². The molecule has 0 aliphatic carbocycles. The van der Waals surface area contributed by atoms with Crippen molar-refractivity contribution in [3.63, 3.8) is 0 Å². The van der Waals surface area contributed by atoms with Crippen molar-refractivity contribution in [3.05, 3.63) is 84.4 Å². The summed E-state index contributed by atoms with van der Waals surface area (Å²) in [6.45, 7) is 3.87. The van der Waals surface area contributed by atoms with Gasteiger partial charge in [-0.3, -0.25) is 4.79 Å². The fraction of sp³-hybridized carbons (Fsp3) is 0.125. The number of hydrogen-bond acceptors (Lipinski definition) is 3. The van der Waals surface area contributed by atoms with E-state index in [-0.39, 0.29) is 6.10 Å². The number of benzene rings is 3. The second-order valence-corrected chi connectivity index (χ2v) is 6.68. The molecule has 0 bridgehead atoms. The van der Waals surface area contributed by atoms with Crippen LogP contribution in [0.15, 0.2) is 73.3 Å². The molecule has 0 saturated heterocycles. The molecule has 0 saturated carbocycles. The summed E-state index contributed by atoms with van der Waals surface area (Å²) in [6.07, 6.45) is 2.36. The maximum Gasteiger partial charge on any atom is 0.249 e. The summed E-state index contributed by atoms with van der Waals surface area (Å²) in [6, 6.07) is 19.3. The van der Waals surface area contributed by atoms with Crippen molar-refractivity contribution in [2.24, 2.45) is 5.73 Å². The minimum Gasteiger partial charge on any atom is -0.496 e. The van der Waals surface area contributed by atoms with E-state index in [4.69, 9.17) is 15.2 Å². The molecule has 2 N–H and O–H groups in total. The molecule has 1 aliphatic heterocycles. The van der Waals surface area contributed by atoms with Crippen LogP contribution < -0.4 is 15.2 Å². The van der Waals surface area contributed by atoms with E-state index >= 15 is 0 Å². The van der Waals surface area contributed by atoms with Crippen LogP contribution >= 0.6 is 0 Å². The molecular formula is C24H21NO3. The summed E-state index contributed by atoms with van der Waals surface area (Å²) < 4.78 is 11.8. The Morgan fingerprint density at radius 3 is 2.71 bits per heavy atom. The van der Waals surface area contributed by atoms with Crippen LogP contribution in [0.1, 0.15) is 28.4 Å². The van der Waals surface area contributed by atoms with Gasteiger partial charge in [-0.15, -0.1) is 6.58 Å². The van der Waals surface area contributed by atoms with Crippen LogP contribution in [0.4, 0.5) is 0 Å². The number of primary amides is 1. The molecule has 0 fully saturated rings. The van der Waals surface area contributed by atoms with Gasteiger partial charge in [-0.1, -0.05) is 42.5 Å². The highest BCUT2D eigenvalue weighted by Crippen LogP contribution is 2.49. The second kappa shape index (κ2) is 7.24. The molecule has 1 amide bonds. The summed E-state index contributed by atoms with van der Waals surface area (Å²) >= 11 is 0. The third kappa shape index (κ3) is 2.93. The Bertz CT molecular complexity index is 1070. The molecule has 4 nitrogen and oxygen atoms in total. The van der Waals surface area contributed by atoms with E-state index in [0.29, 0.717) is 12.0 Å². The molecule has 4 rings (SSSR count). The van der Waals surface area contributed by atoms with Gasteiger partial charge in [0.2, 0.25) is 5.91 Å². The molecule has 1 atom stereocenters. The fourth-order valence-corrected chi connectivity index (χ4v) is 3.76. The lowest BCUT2D eigenvalue weighted by atomic mass is 9.87. The Kier molecular flexibility index (Phi) is 4.62. The Morgan fingerprint density at radius 1 is 1.14 bits per heavy atom. The minimum absolute atomic E-state index is 0.159. The average molecular weight is 371 g/mol. The zero-order chi connectivity index (χ0) is 19.7. The van der Waals surface area contributed by atoms with Crippen molar-refractivity contribution in [1.82, 2.24) is 0 Å². The molecule has 0 spiro atoms. The van der Waals surface area contributed by atoms with Gasteiger partial charge in [0, 0.05) is 17.5 Å². The number of methoxy groups -OCH3 is 1. The van der Waals surface area contributed by atoms with Crippen LogP contribution in [-0.2, 0) is 0 Å². The monoisotopic (exact) mass is 371 g/mol. The number of nitrogens with two attached hydrogens (primary N) is 1. The third-order valence-corrected chi connectivity index (χ3v) is 5.03. The van der Waals surface area contributed by atoms with Crippen molar-refractivity contribution < 1.29 is 14.3 Å². The van der Waals surface area contributed by atoms with E-state index in [0.717, 1.165) is 39.3 Å².